The average molecular weight is 459 g/mol. The van der Waals surface area contributed by atoms with E-state index in [1.165, 1.54) is 0 Å². The van der Waals surface area contributed by atoms with E-state index < -0.39 is 5.92 Å². The Kier molecular flexibility index (Phi) is 6.74. The first-order valence-electron chi connectivity index (χ1n) is 12.0. The molecule has 1 aliphatic carbocycles. The van der Waals surface area contributed by atoms with Crippen LogP contribution < -0.4 is 4.90 Å². The Labute approximate surface area is 202 Å². The predicted molar refractivity (Wildman–Crippen MR) is 136 cm³/mol. The number of ketones is 1. The minimum absolute atomic E-state index is 0.125. The van der Waals surface area contributed by atoms with Gasteiger partial charge >= 0.3 is 5.97 Å². The van der Waals surface area contributed by atoms with E-state index in [0.29, 0.717) is 24.1 Å². The zero-order valence-corrected chi connectivity index (χ0v) is 20.8. The summed E-state index contributed by atoms with van der Waals surface area (Å²) in [7, 11) is 3.99. The minimum Gasteiger partial charge on any atom is -0.462 e. The van der Waals surface area contributed by atoms with Crippen LogP contribution in [0.4, 0.5) is 5.69 Å². The molecule has 2 aromatic rings. The van der Waals surface area contributed by atoms with Gasteiger partial charge in [-0.15, -0.1) is 0 Å². The summed E-state index contributed by atoms with van der Waals surface area (Å²) in [4.78, 5) is 33.7. The van der Waals surface area contributed by atoms with Crippen LogP contribution in [0.1, 0.15) is 50.7 Å². The Morgan fingerprint density at radius 2 is 1.71 bits per heavy atom. The first kappa shape index (κ1) is 23.9. The zero-order valence-electron chi connectivity index (χ0n) is 20.8. The molecule has 0 aromatic heterocycles. The van der Waals surface area contributed by atoms with E-state index >= 15 is 0 Å². The lowest BCUT2D eigenvalue weighted by Crippen LogP contribution is -2.44. The molecule has 5 heteroatoms. The summed E-state index contributed by atoms with van der Waals surface area (Å²) >= 11 is 0. The van der Waals surface area contributed by atoms with Crippen LogP contribution in [0.3, 0.4) is 0 Å². The van der Waals surface area contributed by atoms with Crippen LogP contribution in [0.5, 0.6) is 0 Å². The summed E-state index contributed by atoms with van der Waals surface area (Å²) in [6.45, 7) is 6.37. The molecule has 1 saturated carbocycles. The van der Waals surface area contributed by atoms with Crippen molar-refractivity contribution in [3.63, 3.8) is 0 Å². The number of carbonyl (C=O) groups excluding carboxylic acids is 2. The molecule has 178 valence electrons. The van der Waals surface area contributed by atoms with Gasteiger partial charge < -0.3 is 9.64 Å². The number of hydrogen-bond donors (Lipinski definition) is 0. The number of anilines is 1. The van der Waals surface area contributed by atoms with Crippen LogP contribution >= 0.6 is 0 Å². The number of hydrogen-bond acceptors (Lipinski definition) is 5. The van der Waals surface area contributed by atoms with Gasteiger partial charge in [-0.1, -0.05) is 56.3 Å². The molecule has 0 spiro atoms. The second-order valence-corrected chi connectivity index (χ2v) is 10.4. The fourth-order valence-corrected chi connectivity index (χ4v) is 5.18. The molecule has 34 heavy (non-hydrogen) atoms. The van der Waals surface area contributed by atoms with Gasteiger partial charge in [-0.25, -0.2) is 4.79 Å². The number of aliphatic imine (C=N–C) groups is 1. The maximum absolute atomic E-state index is 13.4. The Hall–Kier alpha value is -3.21. The van der Waals surface area contributed by atoms with E-state index in [0.717, 1.165) is 28.9 Å². The SMILES string of the molecule is CC1=C(C(=O)OCCc2ccccc2)C(c2ccc(N(C)C)cc2)C2C(=O)CC(C)(C)CC2=N1. The highest BCUT2D eigenvalue weighted by molar-refractivity contribution is 6.12. The van der Waals surface area contributed by atoms with Gasteiger partial charge in [0.2, 0.25) is 0 Å². The Bertz CT molecular complexity index is 1130. The Morgan fingerprint density at radius 3 is 2.35 bits per heavy atom. The van der Waals surface area contributed by atoms with E-state index in [9.17, 15) is 9.59 Å². The van der Waals surface area contributed by atoms with Gasteiger partial charge in [-0.05, 0) is 42.0 Å². The molecule has 4 rings (SSSR count). The largest absolute Gasteiger partial charge is 0.462 e. The number of fused-ring (bicyclic) bond motifs is 1. The van der Waals surface area contributed by atoms with Crippen LogP contribution in [-0.2, 0) is 20.7 Å². The molecular formula is C29H34N2O3. The highest BCUT2D eigenvalue weighted by Gasteiger charge is 2.47. The molecule has 2 atom stereocenters. The topological polar surface area (TPSA) is 59.0 Å². The highest BCUT2D eigenvalue weighted by atomic mass is 16.5. The number of rotatable bonds is 6. The monoisotopic (exact) mass is 458 g/mol. The molecule has 2 aromatic carbocycles. The normalized spacial score (nSPS) is 21.6. The van der Waals surface area contributed by atoms with Crippen molar-refractivity contribution < 1.29 is 14.3 Å². The average Bonchev–Trinajstić information content (AvgIpc) is 2.78. The number of allylic oxidation sites excluding steroid dienone is 1. The van der Waals surface area contributed by atoms with Crippen molar-refractivity contribution in [2.45, 2.75) is 46.0 Å². The van der Waals surface area contributed by atoms with Crippen LogP contribution in [-0.4, -0.2) is 38.2 Å². The molecule has 0 amide bonds. The van der Waals surface area contributed by atoms with Crippen molar-refractivity contribution in [1.29, 1.82) is 0 Å². The molecule has 2 unspecified atom stereocenters. The number of esters is 1. The summed E-state index contributed by atoms with van der Waals surface area (Å²) in [5.41, 5.74) is 5.06. The smallest absolute Gasteiger partial charge is 0.336 e. The fourth-order valence-electron chi connectivity index (χ4n) is 5.18. The van der Waals surface area contributed by atoms with Crippen LogP contribution in [0.15, 0.2) is 70.9 Å². The summed E-state index contributed by atoms with van der Waals surface area (Å²) in [6, 6.07) is 18.1. The lowest BCUT2D eigenvalue weighted by Gasteiger charge is -2.41. The predicted octanol–water partition coefficient (Wildman–Crippen LogP) is 5.36. The summed E-state index contributed by atoms with van der Waals surface area (Å²) < 4.78 is 5.74. The number of ether oxygens (including phenoxy) is 1. The van der Waals surface area contributed by atoms with Gasteiger partial charge in [-0.3, -0.25) is 9.79 Å². The van der Waals surface area contributed by atoms with Crippen molar-refractivity contribution in [2.75, 3.05) is 25.6 Å². The fraction of sp³-hybridized carbons (Fsp3) is 0.414. The number of benzene rings is 2. The third kappa shape index (κ3) is 4.98. The third-order valence-corrected chi connectivity index (χ3v) is 6.82. The molecule has 0 bridgehead atoms. The Morgan fingerprint density at radius 1 is 1.03 bits per heavy atom. The van der Waals surface area contributed by atoms with Crippen molar-refractivity contribution in [3.05, 3.63) is 77.0 Å². The van der Waals surface area contributed by atoms with Crippen LogP contribution in [0, 0.1) is 11.3 Å². The standard InChI is InChI=1S/C29H34N2O3/c1-19-25(28(33)34-16-15-20-9-7-6-8-10-20)26(21-11-13-22(14-12-21)31(4)5)27-23(30-19)17-29(2,3)18-24(27)32/h6-14,26-27H,15-18H2,1-5H3. The molecule has 1 aliphatic heterocycles. The zero-order chi connectivity index (χ0) is 24.5. The van der Waals surface area contributed by atoms with E-state index in [4.69, 9.17) is 9.73 Å². The van der Waals surface area contributed by atoms with E-state index in [-0.39, 0.29) is 29.7 Å². The third-order valence-electron chi connectivity index (χ3n) is 6.82. The second-order valence-electron chi connectivity index (χ2n) is 10.4. The van der Waals surface area contributed by atoms with E-state index in [1.807, 2.05) is 80.5 Å². The summed E-state index contributed by atoms with van der Waals surface area (Å²) in [5, 5.41) is 0. The molecule has 1 fully saturated rings. The van der Waals surface area contributed by atoms with Crippen molar-refractivity contribution >= 4 is 23.2 Å². The van der Waals surface area contributed by atoms with Gasteiger partial charge in [0.1, 0.15) is 5.78 Å². The second kappa shape index (κ2) is 9.57. The number of Topliss-reactive ketones (excluding diaryl/α,β-unsaturated/α-hetero) is 1. The minimum atomic E-state index is -0.418. The van der Waals surface area contributed by atoms with Gasteiger partial charge in [0.15, 0.2) is 0 Å². The van der Waals surface area contributed by atoms with Crippen molar-refractivity contribution in [1.82, 2.24) is 0 Å². The maximum Gasteiger partial charge on any atom is 0.336 e. The molecule has 0 N–H and O–H groups in total. The summed E-state index contributed by atoms with van der Waals surface area (Å²) in [6.07, 6.45) is 1.88. The summed E-state index contributed by atoms with van der Waals surface area (Å²) in [5.74, 6) is -1.02. The van der Waals surface area contributed by atoms with Crippen molar-refractivity contribution in [3.8, 4) is 0 Å². The molecule has 5 nitrogen and oxygen atoms in total. The molecule has 0 saturated heterocycles. The molecule has 2 aliphatic rings. The first-order chi connectivity index (χ1) is 16.2. The van der Waals surface area contributed by atoms with Gasteiger partial charge in [-0.2, -0.15) is 0 Å². The van der Waals surface area contributed by atoms with Gasteiger partial charge in [0.25, 0.3) is 0 Å². The molecule has 0 radical (unpaired) electrons. The lowest BCUT2D eigenvalue weighted by molar-refractivity contribution is -0.139. The van der Waals surface area contributed by atoms with Crippen molar-refractivity contribution in [2.24, 2.45) is 16.3 Å². The van der Waals surface area contributed by atoms with E-state index in [2.05, 4.69) is 13.8 Å². The molecule has 1 heterocycles. The van der Waals surface area contributed by atoms with E-state index in [1.54, 1.807) is 0 Å². The number of nitrogens with zero attached hydrogens (tertiary/aromatic N) is 2. The molecular weight excluding hydrogens is 424 g/mol. The van der Waals surface area contributed by atoms with Crippen LogP contribution in [0.25, 0.3) is 0 Å². The van der Waals surface area contributed by atoms with Gasteiger partial charge in [0, 0.05) is 50.0 Å². The number of carbonyl (C=O) groups is 2. The van der Waals surface area contributed by atoms with Gasteiger partial charge in [0.05, 0.1) is 18.1 Å². The lowest BCUT2D eigenvalue weighted by atomic mass is 9.63. The maximum atomic E-state index is 13.4. The Balaban J connectivity index is 1.67. The first-order valence-corrected chi connectivity index (χ1v) is 12.0. The van der Waals surface area contributed by atoms with Crippen LogP contribution in [0.2, 0.25) is 0 Å². The highest BCUT2D eigenvalue weighted by Crippen LogP contribution is 2.47. The quantitative estimate of drug-likeness (QED) is 0.547.